The van der Waals surface area contributed by atoms with Gasteiger partial charge in [-0.15, -0.1) is 6.58 Å². The van der Waals surface area contributed by atoms with Gasteiger partial charge in [-0.3, -0.25) is 0 Å². The lowest BCUT2D eigenvalue weighted by atomic mass is 9.77. The van der Waals surface area contributed by atoms with Crippen molar-refractivity contribution in [3.05, 3.63) is 77.6 Å². The minimum absolute atomic E-state index is 0.217. The lowest BCUT2D eigenvalue weighted by Crippen LogP contribution is -2.22. The molecule has 2 nitrogen and oxygen atoms in total. The van der Waals surface area contributed by atoms with Crippen LogP contribution in [0.3, 0.4) is 0 Å². The molecule has 5 heteroatoms. The zero-order valence-electron chi connectivity index (χ0n) is 16.9. The van der Waals surface area contributed by atoms with Crippen molar-refractivity contribution in [1.82, 2.24) is 0 Å². The number of alkyl halides is 2. The van der Waals surface area contributed by atoms with Crippen LogP contribution in [0.4, 0.5) is 13.2 Å². The number of nitriles is 1. The number of ether oxygens (including phenoxy) is 1. The fraction of sp³-hybridized carbons (Fsp3) is 0.400. The molecule has 0 heterocycles. The third-order valence-corrected chi connectivity index (χ3v) is 5.89. The Morgan fingerprint density at radius 2 is 1.80 bits per heavy atom. The number of benzene rings is 2. The molecule has 0 spiro atoms. The summed E-state index contributed by atoms with van der Waals surface area (Å²) >= 11 is 0. The maximum Gasteiger partial charge on any atom is 0.426 e. The first-order valence-electron chi connectivity index (χ1n) is 10.4. The van der Waals surface area contributed by atoms with Gasteiger partial charge in [0.1, 0.15) is 17.6 Å². The van der Waals surface area contributed by atoms with Crippen molar-refractivity contribution in [2.24, 2.45) is 5.92 Å². The van der Waals surface area contributed by atoms with Gasteiger partial charge in [-0.1, -0.05) is 24.6 Å². The molecule has 30 heavy (non-hydrogen) atoms. The van der Waals surface area contributed by atoms with Crippen molar-refractivity contribution in [2.75, 3.05) is 0 Å². The van der Waals surface area contributed by atoms with Crippen LogP contribution in [0.25, 0.3) is 0 Å². The maximum atomic E-state index is 14.5. The van der Waals surface area contributed by atoms with Gasteiger partial charge in [0.2, 0.25) is 0 Å². The largest absolute Gasteiger partial charge is 0.429 e. The fourth-order valence-corrected chi connectivity index (χ4v) is 4.14. The van der Waals surface area contributed by atoms with Crippen molar-refractivity contribution in [3.8, 4) is 11.8 Å². The summed E-state index contributed by atoms with van der Waals surface area (Å²) in [6.45, 7) is 3.76. The molecular formula is C25H26F3NO. The predicted octanol–water partition coefficient (Wildman–Crippen LogP) is 7.46. The Morgan fingerprint density at radius 1 is 1.10 bits per heavy atom. The Balaban J connectivity index is 1.60. The molecule has 0 bridgehead atoms. The highest BCUT2D eigenvalue weighted by Gasteiger charge is 2.35. The van der Waals surface area contributed by atoms with Crippen molar-refractivity contribution < 1.29 is 17.9 Å². The van der Waals surface area contributed by atoms with Crippen LogP contribution in [0.5, 0.6) is 5.75 Å². The molecule has 2 aromatic carbocycles. The van der Waals surface area contributed by atoms with Crippen LogP contribution in [0, 0.1) is 23.1 Å². The first kappa shape index (κ1) is 22.0. The molecule has 0 aromatic heterocycles. The molecule has 1 fully saturated rings. The van der Waals surface area contributed by atoms with E-state index in [2.05, 4.69) is 6.58 Å². The van der Waals surface area contributed by atoms with Crippen LogP contribution >= 0.6 is 0 Å². The van der Waals surface area contributed by atoms with Crippen LogP contribution in [0.2, 0.25) is 0 Å². The predicted molar refractivity (Wildman–Crippen MR) is 111 cm³/mol. The molecule has 0 saturated heterocycles. The summed E-state index contributed by atoms with van der Waals surface area (Å²) in [5.41, 5.74) is 0.572. The maximum absolute atomic E-state index is 14.5. The van der Waals surface area contributed by atoms with Crippen molar-refractivity contribution >= 4 is 0 Å². The first-order chi connectivity index (χ1) is 14.4. The highest BCUT2D eigenvalue weighted by atomic mass is 19.3. The average molecular weight is 413 g/mol. The van der Waals surface area contributed by atoms with Gasteiger partial charge in [-0.05, 0) is 80.2 Å². The third kappa shape index (κ3) is 5.44. The summed E-state index contributed by atoms with van der Waals surface area (Å²) in [5.74, 6) is -0.0560. The SMILES string of the molecule is C=CCCCC1CCC(c2ccc(C(F)(F)Oc3ccc(C#N)c(F)c3)cc2)CC1. The number of allylic oxidation sites excluding steroid dienone is 1. The first-order valence-corrected chi connectivity index (χ1v) is 10.4. The van der Waals surface area contributed by atoms with Crippen LogP contribution in [-0.2, 0) is 6.11 Å². The van der Waals surface area contributed by atoms with Gasteiger partial charge in [0.15, 0.2) is 0 Å². The monoisotopic (exact) mass is 413 g/mol. The number of unbranched alkanes of at least 4 members (excludes halogenated alkanes) is 1. The van der Waals surface area contributed by atoms with E-state index in [-0.39, 0.29) is 16.9 Å². The van der Waals surface area contributed by atoms with E-state index in [9.17, 15) is 13.2 Å². The molecule has 158 valence electrons. The summed E-state index contributed by atoms with van der Waals surface area (Å²) in [5, 5.41) is 8.73. The minimum atomic E-state index is -3.60. The Hall–Kier alpha value is -2.74. The zero-order valence-corrected chi connectivity index (χ0v) is 16.9. The Morgan fingerprint density at radius 3 is 2.40 bits per heavy atom. The van der Waals surface area contributed by atoms with Crippen LogP contribution in [0.15, 0.2) is 55.1 Å². The molecule has 0 atom stereocenters. The molecule has 2 aromatic rings. The number of hydrogen-bond acceptors (Lipinski definition) is 2. The highest BCUT2D eigenvalue weighted by Crippen LogP contribution is 2.39. The van der Waals surface area contributed by atoms with E-state index in [1.165, 1.54) is 37.8 Å². The second kappa shape index (κ2) is 9.84. The third-order valence-electron chi connectivity index (χ3n) is 5.89. The van der Waals surface area contributed by atoms with E-state index in [0.29, 0.717) is 5.92 Å². The van der Waals surface area contributed by atoms with E-state index in [0.717, 1.165) is 48.9 Å². The number of nitrogens with zero attached hydrogens (tertiary/aromatic N) is 1. The molecular weight excluding hydrogens is 387 g/mol. The summed E-state index contributed by atoms with van der Waals surface area (Å²) in [6, 6.07) is 11.0. The zero-order chi connectivity index (χ0) is 21.6. The second-order valence-corrected chi connectivity index (χ2v) is 7.93. The van der Waals surface area contributed by atoms with Crippen molar-refractivity contribution in [1.29, 1.82) is 5.26 Å². The van der Waals surface area contributed by atoms with Gasteiger partial charge in [-0.25, -0.2) is 4.39 Å². The van der Waals surface area contributed by atoms with Gasteiger partial charge < -0.3 is 4.74 Å². The molecule has 0 unspecified atom stereocenters. The number of halogens is 3. The Labute approximate surface area is 176 Å². The van der Waals surface area contributed by atoms with Gasteiger partial charge in [0.05, 0.1) is 11.1 Å². The molecule has 0 amide bonds. The van der Waals surface area contributed by atoms with Crippen LogP contribution in [-0.4, -0.2) is 0 Å². The summed E-state index contributed by atoms with van der Waals surface area (Å²) in [7, 11) is 0. The molecule has 0 aliphatic heterocycles. The van der Waals surface area contributed by atoms with Gasteiger partial charge in [0.25, 0.3) is 0 Å². The van der Waals surface area contributed by atoms with E-state index in [1.54, 1.807) is 18.2 Å². The normalized spacial score (nSPS) is 19.1. The van der Waals surface area contributed by atoms with Crippen LogP contribution < -0.4 is 4.74 Å². The minimum Gasteiger partial charge on any atom is -0.429 e. The van der Waals surface area contributed by atoms with Crippen molar-refractivity contribution in [3.63, 3.8) is 0 Å². The smallest absolute Gasteiger partial charge is 0.426 e. The van der Waals surface area contributed by atoms with E-state index in [1.807, 2.05) is 6.08 Å². The highest BCUT2D eigenvalue weighted by molar-refractivity contribution is 5.37. The topological polar surface area (TPSA) is 33.0 Å². The average Bonchev–Trinajstić information content (AvgIpc) is 2.74. The van der Waals surface area contributed by atoms with Gasteiger partial charge in [-0.2, -0.15) is 14.0 Å². The Kier molecular flexibility index (Phi) is 7.20. The standard InChI is InChI=1S/C25H26F3NO/c1-2-3-4-5-18-6-8-19(9-7-18)20-10-13-22(14-11-20)25(27,28)30-23-15-12-21(17-29)24(26)16-23/h2,10-16,18-19H,1,3-9H2. The van der Waals surface area contributed by atoms with Gasteiger partial charge in [0, 0.05) is 6.07 Å². The molecule has 0 radical (unpaired) electrons. The van der Waals surface area contributed by atoms with Gasteiger partial charge >= 0.3 is 6.11 Å². The summed E-state index contributed by atoms with van der Waals surface area (Å²) in [6.07, 6.45) is 6.35. The quantitative estimate of drug-likeness (QED) is 0.332. The van der Waals surface area contributed by atoms with Crippen LogP contribution in [0.1, 0.15) is 67.6 Å². The molecule has 3 rings (SSSR count). The molecule has 1 saturated carbocycles. The summed E-state index contributed by atoms with van der Waals surface area (Å²) in [4.78, 5) is 0. The fourth-order valence-electron chi connectivity index (χ4n) is 4.14. The molecule has 0 N–H and O–H groups in total. The molecule has 1 aliphatic carbocycles. The molecule has 1 aliphatic rings. The van der Waals surface area contributed by atoms with E-state index < -0.39 is 11.9 Å². The Bertz CT molecular complexity index is 894. The lowest BCUT2D eigenvalue weighted by molar-refractivity contribution is -0.185. The van der Waals surface area contributed by atoms with Crippen molar-refractivity contribution in [2.45, 2.75) is 57.0 Å². The van der Waals surface area contributed by atoms with E-state index >= 15 is 0 Å². The van der Waals surface area contributed by atoms with E-state index in [4.69, 9.17) is 10.00 Å². The number of hydrogen-bond donors (Lipinski definition) is 0. The number of rotatable bonds is 8. The second-order valence-electron chi connectivity index (χ2n) is 7.93. The summed E-state index contributed by atoms with van der Waals surface area (Å²) < 4.78 is 47.4. The lowest BCUT2D eigenvalue weighted by Gasteiger charge is -2.29.